The molecule has 0 amide bonds. The van der Waals surface area contributed by atoms with Crippen LogP contribution in [0.4, 0.5) is 0 Å². The van der Waals surface area contributed by atoms with Crippen LogP contribution in [0.5, 0.6) is 5.75 Å². The van der Waals surface area contributed by atoms with Crippen LogP contribution >= 0.6 is 0 Å². The van der Waals surface area contributed by atoms with Crippen molar-refractivity contribution in [2.45, 2.75) is 51.0 Å². The lowest BCUT2D eigenvalue weighted by molar-refractivity contribution is -0.122. The van der Waals surface area contributed by atoms with Crippen molar-refractivity contribution in [2.75, 3.05) is 13.2 Å². The number of hydrogen-bond acceptors (Lipinski definition) is 3. The molecule has 0 N–H and O–H groups in total. The fraction of sp³-hybridized carbons (Fsp3) is 0.611. The summed E-state index contributed by atoms with van der Waals surface area (Å²) in [4.78, 5) is 12.3. The molecular formula is C18H24O3. The third-order valence-corrected chi connectivity index (χ3v) is 4.67. The third-order valence-electron chi connectivity index (χ3n) is 4.67. The number of rotatable bonds is 6. The maximum atomic E-state index is 12.3. The highest BCUT2D eigenvalue weighted by Crippen LogP contribution is 2.38. The minimum absolute atomic E-state index is 0.338. The molecule has 1 aliphatic heterocycles. The Bertz CT molecular complexity index is 491. The zero-order chi connectivity index (χ0) is 14.7. The van der Waals surface area contributed by atoms with Gasteiger partial charge in [0.05, 0.1) is 12.7 Å². The zero-order valence-electron chi connectivity index (χ0n) is 12.7. The molecule has 2 aliphatic rings. The predicted molar refractivity (Wildman–Crippen MR) is 81.7 cm³/mol. The summed E-state index contributed by atoms with van der Waals surface area (Å²) in [7, 11) is 0. The summed E-state index contributed by atoms with van der Waals surface area (Å²) in [5.74, 6) is 2.24. The Kier molecular flexibility index (Phi) is 4.59. The highest BCUT2D eigenvalue weighted by atomic mass is 16.5. The van der Waals surface area contributed by atoms with Crippen molar-refractivity contribution in [3.63, 3.8) is 0 Å². The van der Waals surface area contributed by atoms with Crippen LogP contribution in [0.1, 0.15) is 50.5 Å². The average molecular weight is 288 g/mol. The van der Waals surface area contributed by atoms with Gasteiger partial charge in [0, 0.05) is 19.4 Å². The minimum atomic E-state index is 0.338. The molecule has 1 aromatic carbocycles. The number of hydrogen-bond donors (Lipinski definition) is 0. The standard InChI is InChI=1S/C18H24O3/c1-2-20-16-10-13(11-16)9-15(19)12-14-7-8-21-18-6-4-3-5-17(14)18/h3-6,13-14,16H,2,7-12H2,1H3. The first-order valence-corrected chi connectivity index (χ1v) is 8.11. The second-order valence-electron chi connectivity index (χ2n) is 6.23. The lowest BCUT2D eigenvalue weighted by atomic mass is 9.77. The number of benzene rings is 1. The van der Waals surface area contributed by atoms with Crippen molar-refractivity contribution in [1.82, 2.24) is 0 Å². The van der Waals surface area contributed by atoms with E-state index in [0.29, 0.717) is 30.1 Å². The fourth-order valence-electron chi connectivity index (χ4n) is 3.52. The SMILES string of the molecule is CCOC1CC(CC(=O)CC2CCOc3ccccc32)C1. The molecule has 3 rings (SSSR count). The number of para-hydroxylation sites is 1. The molecule has 1 saturated carbocycles. The number of ether oxygens (including phenoxy) is 2. The Morgan fingerprint density at radius 3 is 2.90 bits per heavy atom. The Morgan fingerprint density at radius 2 is 2.10 bits per heavy atom. The number of fused-ring (bicyclic) bond motifs is 1. The molecule has 0 spiro atoms. The van der Waals surface area contributed by atoms with Crippen LogP contribution in [0.15, 0.2) is 24.3 Å². The van der Waals surface area contributed by atoms with Gasteiger partial charge in [0.1, 0.15) is 11.5 Å². The van der Waals surface area contributed by atoms with Crippen LogP contribution in [-0.2, 0) is 9.53 Å². The molecule has 0 bridgehead atoms. The normalized spacial score (nSPS) is 27.4. The zero-order valence-corrected chi connectivity index (χ0v) is 12.7. The van der Waals surface area contributed by atoms with E-state index in [4.69, 9.17) is 9.47 Å². The molecule has 3 heteroatoms. The van der Waals surface area contributed by atoms with E-state index in [-0.39, 0.29) is 0 Å². The monoisotopic (exact) mass is 288 g/mol. The molecule has 114 valence electrons. The smallest absolute Gasteiger partial charge is 0.133 e. The number of ketones is 1. The topological polar surface area (TPSA) is 35.5 Å². The van der Waals surface area contributed by atoms with Crippen molar-refractivity contribution in [2.24, 2.45) is 5.92 Å². The lowest BCUT2D eigenvalue weighted by Crippen LogP contribution is -2.33. The van der Waals surface area contributed by atoms with Gasteiger partial charge < -0.3 is 9.47 Å². The molecule has 3 nitrogen and oxygen atoms in total. The van der Waals surface area contributed by atoms with Gasteiger partial charge in [-0.15, -0.1) is 0 Å². The van der Waals surface area contributed by atoms with Gasteiger partial charge in [-0.1, -0.05) is 18.2 Å². The maximum Gasteiger partial charge on any atom is 0.133 e. The van der Waals surface area contributed by atoms with E-state index < -0.39 is 0 Å². The highest BCUT2D eigenvalue weighted by molar-refractivity contribution is 5.79. The van der Waals surface area contributed by atoms with Gasteiger partial charge in [0.2, 0.25) is 0 Å². The molecule has 0 aromatic heterocycles. The quantitative estimate of drug-likeness (QED) is 0.800. The summed E-state index contributed by atoms with van der Waals surface area (Å²) in [5, 5.41) is 0. The van der Waals surface area contributed by atoms with Crippen LogP contribution in [0.3, 0.4) is 0 Å². The molecule has 1 unspecified atom stereocenters. The molecular weight excluding hydrogens is 264 g/mol. The van der Waals surface area contributed by atoms with Gasteiger partial charge in [0.25, 0.3) is 0 Å². The van der Waals surface area contributed by atoms with E-state index in [1.54, 1.807) is 0 Å². The van der Waals surface area contributed by atoms with Crippen molar-refractivity contribution >= 4 is 5.78 Å². The number of carbonyl (C=O) groups is 1. The Hall–Kier alpha value is -1.35. The first-order valence-electron chi connectivity index (χ1n) is 8.11. The van der Waals surface area contributed by atoms with E-state index >= 15 is 0 Å². The lowest BCUT2D eigenvalue weighted by Gasteiger charge is -2.35. The van der Waals surface area contributed by atoms with Crippen molar-refractivity contribution in [1.29, 1.82) is 0 Å². The van der Waals surface area contributed by atoms with Crippen molar-refractivity contribution in [3.8, 4) is 5.75 Å². The van der Waals surface area contributed by atoms with Crippen molar-refractivity contribution in [3.05, 3.63) is 29.8 Å². The van der Waals surface area contributed by atoms with Crippen LogP contribution in [-0.4, -0.2) is 25.1 Å². The predicted octanol–water partition coefficient (Wildman–Crippen LogP) is 3.72. The minimum Gasteiger partial charge on any atom is -0.493 e. The molecule has 1 heterocycles. The van der Waals surface area contributed by atoms with E-state index in [2.05, 4.69) is 6.07 Å². The Morgan fingerprint density at radius 1 is 1.29 bits per heavy atom. The first-order chi connectivity index (χ1) is 10.3. The van der Waals surface area contributed by atoms with Gasteiger partial charge in [-0.05, 0) is 49.7 Å². The van der Waals surface area contributed by atoms with E-state index in [1.807, 2.05) is 25.1 Å². The van der Waals surface area contributed by atoms with Gasteiger partial charge in [-0.25, -0.2) is 0 Å². The molecule has 21 heavy (non-hydrogen) atoms. The summed E-state index contributed by atoms with van der Waals surface area (Å²) in [6, 6.07) is 8.13. The third kappa shape index (κ3) is 3.46. The molecule has 1 aromatic rings. The van der Waals surface area contributed by atoms with E-state index in [1.165, 1.54) is 5.56 Å². The van der Waals surface area contributed by atoms with Gasteiger partial charge >= 0.3 is 0 Å². The van der Waals surface area contributed by atoms with Gasteiger partial charge in [-0.2, -0.15) is 0 Å². The average Bonchev–Trinajstić information content (AvgIpc) is 2.45. The van der Waals surface area contributed by atoms with E-state index in [9.17, 15) is 4.79 Å². The van der Waals surface area contributed by atoms with Gasteiger partial charge in [0.15, 0.2) is 0 Å². The largest absolute Gasteiger partial charge is 0.493 e. The molecule has 1 aliphatic carbocycles. The van der Waals surface area contributed by atoms with Crippen LogP contribution in [0, 0.1) is 5.92 Å². The Balaban J connectivity index is 1.50. The van der Waals surface area contributed by atoms with Crippen LogP contribution in [0.2, 0.25) is 0 Å². The first kappa shape index (κ1) is 14.6. The summed E-state index contributed by atoms with van der Waals surface area (Å²) < 4.78 is 11.2. The second-order valence-corrected chi connectivity index (χ2v) is 6.23. The Labute approximate surface area is 126 Å². The summed E-state index contributed by atoms with van der Waals surface area (Å²) in [5.41, 5.74) is 1.21. The fourth-order valence-corrected chi connectivity index (χ4v) is 3.52. The van der Waals surface area contributed by atoms with Crippen LogP contribution < -0.4 is 4.74 Å². The summed E-state index contributed by atoms with van der Waals surface area (Å²) >= 11 is 0. The molecule has 0 radical (unpaired) electrons. The van der Waals surface area contributed by atoms with E-state index in [0.717, 1.165) is 44.6 Å². The molecule has 1 atom stereocenters. The molecule has 1 fully saturated rings. The summed E-state index contributed by atoms with van der Waals surface area (Å²) in [6.45, 7) is 3.54. The summed E-state index contributed by atoms with van der Waals surface area (Å²) in [6.07, 6.45) is 4.86. The highest BCUT2D eigenvalue weighted by Gasteiger charge is 2.32. The van der Waals surface area contributed by atoms with Crippen LogP contribution in [0.25, 0.3) is 0 Å². The number of carbonyl (C=O) groups excluding carboxylic acids is 1. The molecule has 0 saturated heterocycles. The van der Waals surface area contributed by atoms with Crippen molar-refractivity contribution < 1.29 is 14.3 Å². The maximum absolute atomic E-state index is 12.3. The second kappa shape index (κ2) is 6.61. The van der Waals surface area contributed by atoms with Gasteiger partial charge in [-0.3, -0.25) is 4.79 Å². The number of Topliss-reactive ketones (excluding diaryl/α,β-unsaturated/α-hetero) is 1.